The van der Waals surface area contributed by atoms with Crippen molar-refractivity contribution in [1.82, 2.24) is 0 Å². The molecule has 0 aromatic rings. The number of unbranched alkanes of at least 4 members (excludes halogenated alkanes) is 3. The van der Waals surface area contributed by atoms with Gasteiger partial charge in [-0.05, 0) is 142 Å². The summed E-state index contributed by atoms with van der Waals surface area (Å²) >= 11 is 0. The molecule has 0 amide bonds. The molecule has 3 atom stereocenters. The maximum atomic E-state index is 2.33. The van der Waals surface area contributed by atoms with Gasteiger partial charge in [0.25, 0.3) is 0 Å². The van der Waals surface area contributed by atoms with Gasteiger partial charge in [0.15, 0.2) is 0 Å². The van der Waals surface area contributed by atoms with Crippen molar-refractivity contribution in [2.24, 2.45) is 123 Å². The number of hydrogen-bond acceptors (Lipinski definition) is 0. The summed E-state index contributed by atoms with van der Waals surface area (Å²) in [5, 5.41) is 0. The SMILES string of the molecule is CC(C)C(C)(C)C.CC(C)C(C)C(C)C.CC(C)CC(C)(C)C.CC(C)CC(C)C.CC(C)CCC(C)C.CCC(C)(C)C(C)C.CCC(C)C(C)C.CCC(C)CC(C)C.CCCC(C)C(C)C.CCCCC(C)C.CCCCCC(C)C. The fraction of sp³-hybridized carbons (Fsp3) is 1.00. The Balaban J connectivity index is -0.0000000776. The molecule has 0 radical (unpaired) electrons. The fourth-order valence-electron chi connectivity index (χ4n) is 7.66. The molecule has 84 heavy (non-hydrogen) atoms. The minimum absolute atomic E-state index is 0.500. The van der Waals surface area contributed by atoms with Crippen LogP contribution in [0, 0.1) is 123 Å². The van der Waals surface area contributed by atoms with Crippen LogP contribution in [0.3, 0.4) is 0 Å². The summed E-state index contributed by atoms with van der Waals surface area (Å²) in [7, 11) is 0. The zero-order valence-corrected chi connectivity index (χ0v) is 69.9. The van der Waals surface area contributed by atoms with Crippen LogP contribution in [0.25, 0.3) is 0 Å². The zero-order valence-electron chi connectivity index (χ0n) is 69.9. The first kappa shape index (κ1) is 109. The summed E-state index contributed by atoms with van der Waals surface area (Å²) in [6.07, 6.45) is 23.2. The van der Waals surface area contributed by atoms with Gasteiger partial charge < -0.3 is 0 Å². The van der Waals surface area contributed by atoms with Gasteiger partial charge in [-0.1, -0.05) is 408 Å². The molecule has 0 aromatic carbocycles. The molecule has 0 rings (SSSR count). The molecular formula is C84H190. The molecule has 0 aromatic heterocycles. The lowest BCUT2D eigenvalue weighted by molar-refractivity contribution is 0.240. The summed E-state index contributed by atoms with van der Waals surface area (Å²) in [5.74, 6) is 15.7. The number of hydrogen-bond donors (Lipinski definition) is 0. The van der Waals surface area contributed by atoms with Crippen molar-refractivity contribution in [1.29, 1.82) is 0 Å². The lowest BCUT2D eigenvalue weighted by Gasteiger charge is -2.27. The van der Waals surface area contributed by atoms with Gasteiger partial charge in [-0.2, -0.15) is 0 Å². The van der Waals surface area contributed by atoms with Crippen LogP contribution in [0.1, 0.15) is 428 Å². The average molecular weight is 1200 g/mol. The van der Waals surface area contributed by atoms with Crippen molar-refractivity contribution in [3.8, 4) is 0 Å². The van der Waals surface area contributed by atoms with Crippen LogP contribution in [0.4, 0.5) is 0 Å². The van der Waals surface area contributed by atoms with Gasteiger partial charge in [-0.25, -0.2) is 0 Å². The first-order valence-corrected chi connectivity index (χ1v) is 37.7. The molecule has 0 saturated carbocycles. The smallest absolute Gasteiger partial charge is 0.0334 e. The van der Waals surface area contributed by atoms with Gasteiger partial charge in [-0.15, -0.1) is 0 Å². The first-order valence-electron chi connectivity index (χ1n) is 37.7. The van der Waals surface area contributed by atoms with Crippen molar-refractivity contribution in [2.75, 3.05) is 0 Å². The van der Waals surface area contributed by atoms with Gasteiger partial charge >= 0.3 is 0 Å². The molecule has 526 valence electrons. The minimum atomic E-state index is 0.500. The van der Waals surface area contributed by atoms with E-state index in [1.807, 2.05) is 0 Å². The Morgan fingerprint density at radius 2 is 0.595 bits per heavy atom. The van der Waals surface area contributed by atoms with Gasteiger partial charge in [-0.3, -0.25) is 0 Å². The van der Waals surface area contributed by atoms with Crippen LogP contribution < -0.4 is 0 Å². The summed E-state index contributed by atoms with van der Waals surface area (Å²) in [5.41, 5.74) is 1.56. The van der Waals surface area contributed by atoms with Gasteiger partial charge in [0.05, 0.1) is 0 Å². The third-order valence-corrected chi connectivity index (χ3v) is 17.3. The molecule has 3 unspecified atom stereocenters. The predicted octanol–water partition coefficient (Wildman–Crippen LogP) is 32.4. The maximum Gasteiger partial charge on any atom is -0.0334 e. The second-order valence-electron chi connectivity index (χ2n) is 35.1. The molecule has 0 aliphatic carbocycles. The van der Waals surface area contributed by atoms with Crippen molar-refractivity contribution in [2.45, 2.75) is 428 Å². The minimum Gasteiger partial charge on any atom is -0.0654 e. The highest BCUT2D eigenvalue weighted by Gasteiger charge is 2.19. The van der Waals surface area contributed by atoms with E-state index in [4.69, 9.17) is 0 Å². The van der Waals surface area contributed by atoms with Crippen molar-refractivity contribution in [3.05, 3.63) is 0 Å². The standard InChI is InChI=1S/7C8H18.4C7H16/c1-7(2)6-8(3,4)5;1-7(2)5-6-8(3)4;1-6-8(4,5)7(2)3;1-6(2)8(5)7(3)4;1-5-8(4)6-7(2)3;1-5-6-8(4)7(2)3;1-4-5-6-7-8(2)3;1-6(2)7(3,4)5;1-6(2)5-7(3)4;1-5-7(4)6(2)3;1-4-5-6-7(2)3/h7H,6H2,1-5H3;7-8H,5-6H2,1-4H3;7H,6H2,1-5H3;6-8H,1-5H3;2*7-8H,5-6H2,1-4H3;8H,4-7H2,1-3H3;6H,1-5H3;2*6-7H,5H2,1-4H3;7H,4-6H2,1-3H3. The molecular weight excluding hydrogens is 1010 g/mol. The predicted molar refractivity (Wildman–Crippen MR) is 410 cm³/mol. The average Bonchev–Trinajstić information content (AvgIpc) is 3.32. The summed E-state index contributed by atoms with van der Waals surface area (Å²) in [6, 6.07) is 0. The summed E-state index contributed by atoms with van der Waals surface area (Å²) < 4.78 is 0. The second-order valence-corrected chi connectivity index (χ2v) is 35.1. The van der Waals surface area contributed by atoms with Gasteiger partial charge in [0.2, 0.25) is 0 Å². The molecule has 0 bridgehead atoms. The monoisotopic (exact) mass is 1200 g/mol. The van der Waals surface area contributed by atoms with Crippen LogP contribution in [-0.2, 0) is 0 Å². The third-order valence-electron chi connectivity index (χ3n) is 17.3. The van der Waals surface area contributed by atoms with E-state index in [1.165, 1.54) is 109 Å². The van der Waals surface area contributed by atoms with Crippen LogP contribution in [0.5, 0.6) is 0 Å². The van der Waals surface area contributed by atoms with E-state index in [1.54, 1.807) is 0 Å². The Morgan fingerprint density at radius 3 is 0.679 bits per heavy atom. The third kappa shape index (κ3) is 127. The van der Waals surface area contributed by atoms with Crippen LogP contribution in [-0.4, -0.2) is 0 Å². The lowest BCUT2D eigenvalue weighted by atomic mass is 9.79. The highest BCUT2D eigenvalue weighted by molar-refractivity contribution is 4.69. The molecule has 0 aliphatic heterocycles. The van der Waals surface area contributed by atoms with E-state index in [0.717, 1.165) is 107 Å². The van der Waals surface area contributed by atoms with Crippen LogP contribution in [0.2, 0.25) is 0 Å². The molecule has 0 saturated heterocycles. The topological polar surface area (TPSA) is 0 Å². The fourth-order valence-corrected chi connectivity index (χ4v) is 7.66. The summed E-state index contributed by atoms with van der Waals surface area (Å²) in [4.78, 5) is 0. The van der Waals surface area contributed by atoms with Crippen molar-refractivity contribution < 1.29 is 0 Å². The van der Waals surface area contributed by atoms with E-state index in [0.29, 0.717) is 16.2 Å². The zero-order chi connectivity index (χ0) is 69.9. The van der Waals surface area contributed by atoms with E-state index in [-0.39, 0.29) is 0 Å². The Bertz CT molecular complexity index is 1080. The van der Waals surface area contributed by atoms with Crippen molar-refractivity contribution >= 4 is 0 Å². The Kier molecular flexibility index (Phi) is 91.1. The second kappa shape index (κ2) is 70.5. The molecule has 0 spiro atoms. The molecule has 0 heteroatoms. The van der Waals surface area contributed by atoms with Crippen LogP contribution in [0.15, 0.2) is 0 Å². The van der Waals surface area contributed by atoms with E-state index < -0.39 is 0 Å². The first-order chi connectivity index (χ1) is 37.7. The number of rotatable bonds is 25. The lowest BCUT2D eigenvalue weighted by Crippen LogP contribution is -2.17. The Hall–Kier alpha value is 0. The molecule has 0 aliphatic rings. The quantitative estimate of drug-likeness (QED) is 0.0800. The van der Waals surface area contributed by atoms with E-state index in [9.17, 15) is 0 Å². The van der Waals surface area contributed by atoms with Crippen LogP contribution >= 0.6 is 0 Å². The molecule has 0 fully saturated rings. The Labute approximate surface area is 547 Å². The molecule has 0 nitrogen and oxygen atoms in total. The normalized spacial score (nSPS) is 12.5. The molecule has 0 heterocycles. The maximum absolute atomic E-state index is 2.33. The largest absolute Gasteiger partial charge is 0.0654 e. The van der Waals surface area contributed by atoms with E-state index in [2.05, 4.69) is 318 Å². The summed E-state index contributed by atoms with van der Waals surface area (Å²) in [6.45, 7) is 105. The molecule has 0 N–H and O–H groups in total. The van der Waals surface area contributed by atoms with Gasteiger partial charge in [0.1, 0.15) is 0 Å². The highest BCUT2D eigenvalue weighted by Crippen LogP contribution is 2.29. The van der Waals surface area contributed by atoms with E-state index >= 15 is 0 Å². The van der Waals surface area contributed by atoms with Gasteiger partial charge in [0, 0.05) is 0 Å². The Morgan fingerprint density at radius 1 is 0.274 bits per heavy atom. The van der Waals surface area contributed by atoms with Crippen molar-refractivity contribution in [3.63, 3.8) is 0 Å². The highest BCUT2D eigenvalue weighted by atomic mass is 14.2.